The van der Waals surface area contributed by atoms with E-state index >= 15 is 0 Å². The predicted octanol–water partition coefficient (Wildman–Crippen LogP) is 1.92. The van der Waals surface area contributed by atoms with E-state index in [1.807, 2.05) is 30.4 Å². The highest BCUT2D eigenvalue weighted by Gasteiger charge is 2.29. The standard InChI is InChI=1S/C15H21N5O2/c1-4-13-14(16-9-22-13)15(21)19-7-5-6-12(8-19)20-11(3)17-10(2)18-20/h9,12H,4-8H2,1-3H3. The molecule has 0 saturated carbocycles. The summed E-state index contributed by atoms with van der Waals surface area (Å²) >= 11 is 0. The second-order valence-corrected chi connectivity index (χ2v) is 5.68. The maximum atomic E-state index is 12.7. The maximum Gasteiger partial charge on any atom is 0.276 e. The van der Waals surface area contributed by atoms with Gasteiger partial charge in [0.1, 0.15) is 17.4 Å². The van der Waals surface area contributed by atoms with Gasteiger partial charge in [0.05, 0.1) is 6.04 Å². The van der Waals surface area contributed by atoms with Crippen molar-refractivity contribution in [2.75, 3.05) is 13.1 Å². The number of hydrogen-bond acceptors (Lipinski definition) is 5. The van der Waals surface area contributed by atoms with Gasteiger partial charge in [0.15, 0.2) is 12.1 Å². The lowest BCUT2D eigenvalue weighted by Gasteiger charge is -2.32. The summed E-state index contributed by atoms with van der Waals surface area (Å²) in [7, 11) is 0. The summed E-state index contributed by atoms with van der Waals surface area (Å²) in [5, 5.41) is 4.46. The number of aryl methyl sites for hydroxylation is 3. The number of likely N-dealkylation sites (tertiary alicyclic amines) is 1. The Morgan fingerprint density at radius 3 is 2.95 bits per heavy atom. The Morgan fingerprint density at radius 1 is 1.45 bits per heavy atom. The van der Waals surface area contributed by atoms with Crippen LogP contribution in [0, 0.1) is 13.8 Å². The SMILES string of the molecule is CCc1ocnc1C(=O)N1CCCC(n2nc(C)nc2C)C1. The van der Waals surface area contributed by atoms with Crippen LogP contribution in [0.5, 0.6) is 0 Å². The van der Waals surface area contributed by atoms with Crippen LogP contribution in [0.1, 0.15) is 53.7 Å². The fraction of sp³-hybridized carbons (Fsp3) is 0.600. The van der Waals surface area contributed by atoms with Crippen molar-refractivity contribution in [2.24, 2.45) is 0 Å². The monoisotopic (exact) mass is 303 g/mol. The molecule has 0 radical (unpaired) electrons. The zero-order chi connectivity index (χ0) is 15.7. The Kier molecular flexibility index (Phi) is 3.96. The van der Waals surface area contributed by atoms with Gasteiger partial charge >= 0.3 is 0 Å². The zero-order valence-electron chi connectivity index (χ0n) is 13.2. The van der Waals surface area contributed by atoms with Gasteiger partial charge in [-0.1, -0.05) is 6.92 Å². The molecule has 7 nitrogen and oxygen atoms in total. The third-order valence-corrected chi connectivity index (χ3v) is 4.10. The van der Waals surface area contributed by atoms with Crippen molar-refractivity contribution in [3.8, 4) is 0 Å². The molecule has 1 amide bonds. The summed E-state index contributed by atoms with van der Waals surface area (Å²) in [5.74, 6) is 2.27. The lowest BCUT2D eigenvalue weighted by atomic mass is 10.1. The van der Waals surface area contributed by atoms with Crippen molar-refractivity contribution in [1.82, 2.24) is 24.6 Å². The minimum atomic E-state index is -0.0511. The molecular weight excluding hydrogens is 282 g/mol. The molecule has 1 saturated heterocycles. The van der Waals surface area contributed by atoms with Crippen LogP contribution in [0.4, 0.5) is 0 Å². The number of carbonyl (C=O) groups excluding carboxylic acids is 1. The molecule has 2 aromatic heterocycles. The number of nitrogens with zero attached hydrogens (tertiary/aromatic N) is 5. The second kappa shape index (κ2) is 5.90. The highest BCUT2D eigenvalue weighted by molar-refractivity contribution is 5.93. The molecule has 1 atom stereocenters. The number of oxazole rings is 1. The number of aromatic nitrogens is 4. The predicted molar refractivity (Wildman–Crippen MR) is 79.6 cm³/mol. The van der Waals surface area contributed by atoms with Gasteiger partial charge in [0, 0.05) is 19.5 Å². The summed E-state index contributed by atoms with van der Waals surface area (Å²) in [5.41, 5.74) is 0.439. The third kappa shape index (κ3) is 2.63. The summed E-state index contributed by atoms with van der Waals surface area (Å²) in [6.45, 7) is 7.18. The van der Waals surface area contributed by atoms with Gasteiger partial charge in [0.2, 0.25) is 0 Å². The molecule has 1 aliphatic heterocycles. The van der Waals surface area contributed by atoms with Gasteiger partial charge in [-0.15, -0.1) is 0 Å². The smallest absolute Gasteiger partial charge is 0.276 e. The summed E-state index contributed by atoms with van der Waals surface area (Å²) in [6, 6.07) is 0.177. The van der Waals surface area contributed by atoms with Crippen LogP contribution in [-0.4, -0.2) is 43.6 Å². The highest BCUT2D eigenvalue weighted by Crippen LogP contribution is 2.24. The van der Waals surface area contributed by atoms with Crippen molar-refractivity contribution >= 4 is 5.91 Å². The van der Waals surface area contributed by atoms with Gasteiger partial charge in [0.25, 0.3) is 5.91 Å². The van der Waals surface area contributed by atoms with Crippen molar-refractivity contribution in [1.29, 1.82) is 0 Å². The first-order valence-corrected chi connectivity index (χ1v) is 7.71. The maximum absolute atomic E-state index is 12.7. The zero-order valence-corrected chi connectivity index (χ0v) is 13.2. The molecule has 118 valence electrons. The van der Waals surface area contributed by atoms with Gasteiger partial charge in [-0.05, 0) is 26.7 Å². The molecule has 2 aromatic rings. The van der Waals surface area contributed by atoms with E-state index in [1.165, 1.54) is 6.39 Å². The lowest BCUT2D eigenvalue weighted by Crippen LogP contribution is -2.41. The van der Waals surface area contributed by atoms with Crippen molar-refractivity contribution < 1.29 is 9.21 Å². The Morgan fingerprint density at radius 2 is 2.27 bits per heavy atom. The number of hydrogen-bond donors (Lipinski definition) is 0. The molecule has 0 aliphatic carbocycles. The molecule has 7 heteroatoms. The van der Waals surface area contributed by atoms with Crippen LogP contribution in [0.2, 0.25) is 0 Å². The topological polar surface area (TPSA) is 77.0 Å². The van der Waals surface area contributed by atoms with Gasteiger partial charge < -0.3 is 9.32 Å². The van der Waals surface area contributed by atoms with E-state index in [1.54, 1.807) is 0 Å². The van der Waals surface area contributed by atoms with E-state index in [2.05, 4.69) is 15.1 Å². The molecule has 1 unspecified atom stereocenters. The quantitative estimate of drug-likeness (QED) is 0.865. The van der Waals surface area contributed by atoms with Crippen LogP contribution in [0.15, 0.2) is 10.8 Å². The van der Waals surface area contributed by atoms with Crippen molar-refractivity contribution in [3.63, 3.8) is 0 Å². The van der Waals surface area contributed by atoms with Crippen LogP contribution >= 0.6 is 0 Å². The van der Waals surface area contributed by atoms with Gasteiger partial charge in [-0.2, -0.15) is 5.10 Å². The van der Waals surface area contributed by atoms with Crippen molar-refractivity contribution in [2.45, 2.75) is 46.1 Å². The fourth-order valence-corrected chi connectivity index (χ4v) is 3.07. The number of rotatable bonds is 3. The molecule has 22 heavy (non-hydrogen) atoms. The summed E-state index contributed by atoms with van der Waals surface area (Å²) < 4.78 is 7.22. The molecule has 1 fully saturated rings. The lowest BCUT2D eigenvalue weighted by molar-refractivity contribution is 0.0663. The third-order valence-electron chi connectivity index (χ3n) is 4.10. The molecule has 3 rings (SSSR count). The summed E-state index contributed by atoms with van der Waals surface area (Å²) in [4.78, 5) is 23.0. The first-order chi connectivity index (χ1) is 10.6. The Labute approximate surface area is 129 Å². The first kappa shape index (κ1) is 14.7. The number of piperidine rings is 1. The Bertz CT molecular complexity index is 675. The molecular formula is C15H21N5O2. The number of carbonyl (C=O) groups is 1. The Hall–Kier alpha value is -2.18. The molecule has 3 heterocycles. The van der Waals surface area contributed by atoms with Crippen LogP contribution < -0.4 is 0 Å². The molecule has 1 aliphatic rings. The van der Waals surface area contributed by atoms with E-state index in [0.29, 0.717) is 24.4 Å². The van der Waals surface area contributed by atoms with E-state index < -0.39 is 0 Å². The van der Waals surface area contributed by atoms with Crippen molar-refractivity contribution in [3.05, 3.63) is 29.5 Å². The molecule has 0 aromatic carbocycles. The largest absolute Gasteiger partial charge is 0.448 e. The normalized spacial score (nSPS) is 18.7. The first-order valence-electron chi connectivity index (χ1n) is 7.71. The van der Waals surface area contributed by atoms with E-state index in [0.717, 1.165) is 31.0 Å². The molecule has 0 N–H and O–H groups in total. The van der Waals surface area contributed by atoms with Crippen LogP contribution in [0.25, 0.3) is 0 Å². The fourth-order valence-electron chi connectivity index (χ4n) is 3.07. The molecule has 0 spiro atoms. The molecule has 0 bridgehead atoms. The minimum Gasteiger partial charge on any atom is -0.448 e. The van der Waals surface area contributed by atoms with E-state index in [4.69, 9.17) is 4.42 Å². The van der Waals surface area contributed by atoms with E-state index in [-0.39, 0.29) is 11.9 Å². The average Bonchev–Trinajstić information content (AvgIpc) is 3.12. The van der Waals surface area contributed by atoms with Gasteiger partial charge in [-0.3, -0.25) is 4.79 Å². The van der Waals surface area contributed by atoms with E-state index in [9.17, 15) is 4.79 Å². The Balaban J connectivity index is 1.78. The highest BCUT2D eigenvalue weighted by atomic mass is 16.3. The number of amides is 1. The van der Waals surface area contributed by atoms with Gasteiger partial charge in [-0.25, -0.2) is 14.6 Å². The average molecular weight is 303 g/mol. The van der Waals surface area contributed by atoms with Crippen LogP contribution in [0.3, 0.4) is 0 Å². The minimum absolute atomic E-state index is 0.0511. The van der Waals surface area contributed by atoms with Crippen LogP contribution in [-0.2, 0) is 6.42 Å². The second-order valence-electron chi connectivity index (χ2n) is 5.68. The summed E-state index contributed by atoms with van der Waals surface area (Å²) in [6.07, 6.45) is 3.97.